The van der Waals surface area contributed by atoms with E-state index in [1.807, 2.05) is 5.43 Å². The van der Waals surface area contributed by atoms with Crippen molar-refractivity contribution in [3.05, 3.63) is 29.8 Å². The van der Waals surface area contributed by atoms with Gasteiger partial charge in [-0.2, -0.15) is 0 Å². The summed E-state index contributed by atoms with van der Waals surface area (Å²) in [7, 11) is 0. The number of hydrazine groups is 1. The first-order valence-corrected chi connectivity index (χ1v) is 5.00. The molecule has 3 N–H and O–H groups in total. The van der Waals surface area contributed by atoms with Crippen molar-refractivity contribution in [3.8, 4) is 5.75 Å². The van der Waals surface area contributed by atoms with Gasteiger partial charge in [-0.25, -0.2) is 4.79 Å². The molecule has 0 aromatic heterocycles. The Kier molecular flexibility index (Phi) is 4.67. The Morgan fingerprint density at radius 1 is 1.17 bits per heavy atom. The summed E-state index contributed by atoms with van der Waals surface area (Å²) in [6.07, 6.45) is 0. The zero-order valence-corrected chi connectivity index (χ0v) is 9.60. The molecular formula is C11H12N2O5. The molecule has 0 aliphatic heterocycles. The zero-order chi connectivity index (χ0) is 13.5. The molecule has 1 aromatic rings. The third-order valence-electron chi connectivity index (χ3n) is 1.82. The van der Waals surface area contributed by atoms with E-state index in [-0.39, 0.29) is 11.3 Å². The third-order valence-corrected chi connectivity index (χ3v) is 1.82. The minimum absolute atomic E-state index is 0.0231. The van der Waals surface area contributed by atoms with Crippen LogP contribution in [0.4, 0.5) is 0 Å². The molecule has 0 fully saturated rings. The lowest BCUT2D eigenvalue weighted by atomic mass is 10.2. The number of esters is 1. The Morgan fingerprint density at radius 2 is 1.78 bits per heavy atom. The summed E-state index contributed by atoms with van der Waals surface area (Å²) in [6.45, 7) is 0.711. The largest absolute Gasteiger partial charge is 0.508 e. The van der Waals surface area contributed by atoms with E-state index in [1.54, 1.807) is 0 Å². The van der Waals surface area contributed by atoms with Gasteiger partial charge in [-0.1, -0.05) is 0 Å². The quantitative estimate of drug-likeness (QED) is 0.506. The lowest BCUT2D eigenvalue weighted by molar-refractivity contribution is -0.129. The van der Waals surface area contributed by atoms with E-state index >= 15 is 0 Å². The topological polar surface area (TPSA) is 105 Å². The summed E-state index contributed by atoms with van der Waals surface area (Å²) < 4.78 is 4.68. The van der Waals surface area contributed by atoms with Crippen LogP contribution in [0.3, 0.4) is 0 Å². The fourth-order valence-corrected chi connectivity index (χ4v) is 1.01. The minimum atomic E-state index is -0.701. The molecule has 2 amide bonds. The molecule has 0 bridgehead atoms. The van der Waals surface area contributed by atoms with E-state index < -0.39 is 24.4 Å². The Hall–Kier alpha value is -2.57. The van der Waals surface area contributed by atoms with Crippen molar-refractivity contribution >= 4 is 17.8 Å². The number of phenols is 1. The fraction of sp³-hybridized carbons (Fsp3) is 0.182. The van der Waals surface area contributed by atoms with Crippen molar-refractivity contribution in [1.82, 2.24) is 10.9 Å². The molecule has 0 unspecified atom stereocenters. The molecule has 18 heavy (non-hydrogen) atoms. The van der Waals surface area contributed by atoms with Gasteiger partial charge in [0, 0.05) is 6.92 Å². The Morgan fingerprint density at radius 3 is 2.33 bits per heavy atom. The highest BCUT2D eigenvalue weighted by molar-refractivity contribution is 5.91. The number of ether oxygens (including phenoxy) is 1. The maximum atomic E-state index is 11.4. The van der Waals surface area contributed by atoms with Gasteiger partial charge in [0.1, 0.15) is 5.75 Å². The van der Waals surface area contributed by atoms with Gasteiger partial charge in [0.2, 0.25) is 5.91 Å². The predicted octanol–water partition coefficient (Wildman–Crippen LogP) is -0.284. The van der Waals surface area contributed by atoms with E-state index in [0.717, 1.165) is 0 Å². The van der Waals surface area contributed by atoms with Crippen molar-refractivity contribution in [2.24, 2.45) is 0 Å². The SMILES string of the molecule is CC(=O)NNC(=O)COC(=O)c1ccc(O)cc1. The van der Waals surface area contributed by atoms with E-state index in [9.17, 15) is 14.4 Å². The highest BCUT2D eigenvalue weighted by Gasteiger charge is 2.09. The van der Waals surface area contributed by atoms with E-state index in [1.165, 1.54) is 31.2 Å². The molecule has 0 saturated heterocycles. The van der Waals surface area contributed by atoms with Crippen molar-refractivity contribution in [1.29, 1.82) is 0 Å². The number of nitrogens with one attached hydrogen (secondary N) is 2. The van der Waals surface area contributed by atoms with Crippen LogP contribution >= 0.6 is 0 Å². The van der Waals surface area contributed by atoms with Gasteiger partial charge in [0.25, 0.3) is 5.91 Å². The smallest absolute Gasteiger partial charge is 0.338 e. The van der Waals surface area contributed by atoms with Crippen molar-refractivity contribution < 1.29 is 24.2 Å². The number of carbonyl (C=O) groups excluding carboxylic acids is 3. The summed E-state index contributed by atoms with van der Waals surface area (Å²) in [4.78, 5) is 33.0. The normalized spacial score (nSPS) is 9.39. The molecule has 0 heterocycles. The van der Waals surface area contributed by atoms with Crippen molar-refractivity contribution in [3.63, 3.8) is 0 Å². The van der Waals surface area contributed by atoms with Gasteiger partial charge >= 0.3 is 5.97 Å². The summed E-state index contributed by atoms with van der Waals surface area (Å²) in [5.74, 6) is -1.77. The molecule has 1 aromatic carbocycles. The highest BCUT2D eigenvalue weighted by Crippen LogP contribution is 2.10. The monoisotopic (exact) mass is 252 g/mol. The third kappa shape index (κ3) is 4.52. The second kappa shape index (κ2) is 6.24. The zero-order valence-electron chi connectivity index (χ0n) is 9.60. The molecule has 0 aliphatic rings. The van der Waals surface area contributed by atoms with Gasteiger partial charge in [-0.05, 0) is 24.3 Å². The Balaban J connectivity index is 2.39. The summed E-state index contributed by atoms with van der Waals surface area (Å²) in [5, 5.41) is 9.02. The molecule has 0 radical (unpaired) electrons. The summed E-state index contributed by atoms with van der Waals surface area (Å²) >= 11 is 0. The Labute approximate surface area is 103 Å². The number of rotatable bonds is 3. The highest BCUT2D eigenvalue weighted by atomic mass is 16.5. The lowest BCUT2D eigenvalue weighted by Gasteiger charge is -2.06. The van der Waals surface area contributed by atoms with Gasteiger partial charge in [-0.3, -0.25) is 20.4 Å². The molecule has 0 spiro atoms. The number of amides is 2. The number of phenolic OH excluding ortho intramolecular Hbond substituents is 1. The second-order valence-corrected chi connectivity index (χ2v) is 3.35. The number of hydrogen-bond acceptors (Lipinski definition) is 5. The number of hydrogen-bond donors (Lipinski definition) is 3. The van der Waals surface area contributed by atoms with Gasteiger partial charge in [-0.15, -0.1) is 0 Å². The van der Waals surface area contributed by atoms with E-state index in [4.69, 9.17) is 5.11 Å². The lowest BCUT2D eigenvalue weighted by Crippen LogP contribution is -2.42. The Bertz CT molecular complexity index is 455. The number of aromatic hydroxyl groups is 1. The molecule has 7 nitrogen and oxygen atoms in total. The van der Waals surface area contributed by atoms with Crippen LogP contribution < -0.4 is 10.9 Å². The van der Waals surface area contributed by atoms with Crippen molar-refractivity contribution in [2.45, 2.75) is 6.92 Å². The van der Waals surface area contributed by atoms with Crippen LogP contribution in [-0.4, -0.2) is 29.5 Å². The number of carbonyl (C=O) groups is 3. The van der Waals surface area contributed by atoms with Crippen molar-refractivity contribution in [2.75, 3.05) is 6.61 Å². The van der Waals surface area contributed by atoms with Crippen LogP contribution in [0.5, 0.6) is 5.75 Å². The van der Waals surface area contributed by atoms with Gasteiger partial charge < -0.3 is 9.84 Å². The maximum absolute atomic E-state index is 11.4. The molecule has 1 rings (SSSR count). The molecule has 0 aliphatic carbocycles. The van der Waals surface area contributed by atoms with Crippen LogP contribution in [0.1, 0.15) is 17.3 Å². The summed E-state index contributed by atoms with van der Waals surface area (Å²) in [5.41, 5.74) is 4.30. The average molecular weight is 252 g/mol. The van der Waals surface area contributed by atoms with E-state index in [0.29, 0.717) is 0 Å². The van der Waals surface area contributed by atoms with E-state index in [2.05, 4.69) is 10.2 Å². The van der Waals surface area contributed by atoms with Crippen LogP contribution in [-0.2, 0) is 14.3 Å². The molecular weight excluding hydrogens is 240 g/mol. The van der Waals surface area contributed by atoms with Crippen LogP contribution in [0.15, 0.2) is 24.3 Å². The maximum Gasteiger partial charge on any atom is 0.338 e. The summed E-state index contributed by atoms with van der Waals surface area (Å²) in [6, 6.07) is 5.38. The standard InChI is InChI=1S/C11H12N2O5/c1-7(14)12-13-10(16)6-18-11(17)8-2-4-9(15)5-3-8/h2-5,15H,6H2,1H3,(H,12,14)(H,13,16). The van der Waals surface area contributed by atoms with Gasteiger partial charge in [0.15, 0.2) is 6.61 Å². The van der Waals surface area contributed by atoms with Crippen LogP contribution in [0.25, 0.3) is 0 Å². The molecule has 0 saturated carbocycles. The average Bonchev–Trinajstić information content (AvgIpc) is 2.34. The van der Waals surface area contributed by atoms with Crippen LogP contribution in [0.2, 0.25) is 0 Å². The molecule has 0 atom stereocenters. The predicted molar refractivity (Wildman–Crippen MR) is 60.3 cm³/mol. The second-order valence-electron chi connectivity index (χ2n) is 3.35. The van der Waals surface area contributed by atoms with Crippen LogP contribution in [0, 0.1) is 0 Å². The number of benzene rings is 1. The minimum Gasteiger partial charge on any atom is -0.508 e. The fourth-order valence-electron chi connectivity index (χ4n) is 1.01. The first kappa shape index (κ1) is 13.5. The first-order chi connectivity index (χ1) is 8.49. The molecule has 96 valence electrons. The first-order valence-electron chi connectivity index (χ1n) is 5.00. The van der Waals surface area contributed by atoms with Gasteiger partial charge in [0.05, 0.1) is 5.56 Å². The molecule has 7 heteroatoms.